The number of benzene rings is 1. The number of methoxy groups -OCH3 is 2. The summed E-state index contributed by atoms with van der Waals surface area (Å²) in [4.78, 5) is 27.5. The normalized spacial score (nSPS) is 15.2. The minimum atomic E-state index is -0.594. The summed E-state index contributed by atoms with van der Waals surface area (Å²) >= 11 is 6.09. The number of ether oxygens (including phenoxy) is 2. The molecule has 0 spiro atoms. The third-order valence-electron chi connectivity index (χ3n) is 5.00. The van der Waals surface area contributed by atoms with Gasteiger partial charge in [-0.2, -0.15) is 0 Å². The fourth-order valence-corrected chi connectivity index (χ4v) is 3.63. The van der Waals surface area contributed by atoms with Crippen LogP contribution in [-0.2, 0) is 19.1 Å². The Kier molecular flexibility index (Phi) is 8.28. The van der Waals surface area contributed by atoms with Crippen molar-refractivity contribution in [3.05, 3.63) is 76.5 Å². The minimum Gasteiger partial charge on any atom is -0.465 e. The topological polar surface area (TPSA) is 55.8 Å². The van der Waals surface area contributed by atoms with E-state index in [1.165, 1.54) is 14.2 Å². The van der Waals surface area contributed by atoms with Crippen LogP contribution in [0.25, 0.3) is 5.57 Å². The Morgan fingerprint density at radius 2 is 1.74 bits per heavy atom. The Hall–Kier alpha value is -2.79. The summed E-state index contributed by atoms with van der Waals surface area (Å²) in [5.74, 6) is -1.17. The van der Waals surface area contributed by atoms with Crippen LogP contribution < -0.4 is 0 Å². The Labute approximate surface area is 189 Å². The lowest BCUT2D eigenvalue weighted by atomic mass is 9.81. The first kappa shape index (κ1) is 24.5. The van der Waals surface area contributed by atoms with Crippen molar-refractivity contribution in [1.82, 2.24) is 4.90 Å². The average molecular weight is 444 g/mol. The highest BCUT2D eigenvalue weighted by Crippen LogP contribution is 2.37. The number of hydrogen-bond acceptors (Lipinski definition) is 5. The van der Waals surface area contributed by atoms with E-state index in [4.69, 9.17) is 21.1 Å². The van der Waals surface area contributed by atoms with Gasteiger partial charge in [0.05, 0.1) is 31.1 Å². The number of hydrogen-bond donors (Lipinski definition) is 0. The van der Waals surface area contributed by atoms with Gasteiger partial charge in [0.1, 0.15) is 0 Å². The Morgan fingerprint density at radius 3 is 2.26 bits per heavy atom. The molecule has 0 saturated heterocycles. The molecule has 1 aromatic rings. The van der Waals surface area contributed by atoms with Gasteiger partial charge in [0, 0.05) is 18.1 Å². The molecule has 0 N–H and O–H groups in total. The monoisotopic (exact) mass is 443 g/mol. The van der Waals surface area contributed by atoms with E-state index in [1.54, 1.807) is 12.2 Å². The van der Waals surface area contributed by atoms with Gasteiger partial charge in [-0.15, -0.1) is 6.58 Å². The second-order valence-corrected chi connectivity index (χ2v) is 8.64. The van der Waals surface area contributed by atoms with Gasteiger partial charge in [-0.25, -0.2) is 9.59 Å². The molecule has 1 aliphatic rings. The molecule has 0 saturated carbocycles. The third kappa shape index (κ3) is 5.88. The largest absolute Gasteiger partial charge is 0.465 e. The third-order valence-corrected chi connectivity index (χ3v) is 5.25. The van der Waals surface area contributed by atoms with E-state index in [-0.39, 0.29) is 16.6 Å². The molecule has 0 amide bonds. The molecule has 2 rings (SSSR count). The number of esters is 2. The standard InChI is InChI=1S/C25H30ClNO4/c1-7-14-27-15-8-9-19(23(28)30-5)22(24(29)31-6)21(27)16-20(25(2,3)4)17-10-12-18(26)13-11-17/h7,9-13,16H,1,8,14-15H2,2-6H3/b20-16+. The molecule has 0 radical (unpaired) electrons. The number of allylic oxidation sites excluding steroid dienone is 2. The molecular weight excluding hydrogens is 414 g/mol. The van der Waals surface area contributed by atoms with E-state index in [1.807, 2.05) is 35.2 Å². The van der Waals surface area contributed by atoms with Crippen molar-refractivity contribution in [3.8, 4) is 0 Å². The van der Waals surface area contributed by atoms with E-state index in [0.717, 1.165) is 11.1 Å². The molecule has 5 nitrogen and oxygen atoms in total. The molecule has 0 bridgehead atoms. The highest BCUT2D eigenvalue weighted by Gasteiger charge is 2.31. The van der Waals surface area contributed by atoms with Crippen molar-refractivity contribution in [1.29, 1.82) is 0 Å². The van der Waals surface area contributed by atoms with Gasteiger partial charge < -0.3 is 14.4 Å². The van der Waals surface area contributed by atoms with Crippen molar-refractivity contribution >= 4 is 29.1 Å². The zero-order chi connectivity index (χ0) is 23.2. The number of carbonyl (C=O) groups excluding carboxylic acids is 2. The molecule has 0 fully saturated rings. The van der Waals surface area contributed by atoms with Crippen molar-refractivity contribution in [2.75, 3.05) is 27.3 Å². The first-order valence-corrected chi connectivity index (χ1v) is 10.5. The SMILES string of the molecule is C=CCN1CCC=C(C(=O)OC)C(C(=O)OC)=C1/C=C(\c1ccc(Cl)cc1)C(C)(C)C. The van der Waals surface area contributed by atoms with Gasteiger partial charge in [-0.05, 0) is 41.2 Å². The highest BCUT2D eigenvalue weighted by atomic mass is 35.5. The molecule has 0 atom stereocenters. The van der Waals surface area contributed by atoms with E-state index in [2.05, 4.69) is 27.4 Å². The van der Waals surface area contributed by atoms with Gasteiger partial charge >= 0.3 is 11.9 Å². The zero-order valence-corrected chi connectivity index (χ0v) is 19.6. The van der Waals surface area contributed by atoms with Crippen LogP contribution in [-0.4, -0.2) is 44.1 Å². The summed E-state index contributed by atoms with van der Waals surface area (Å²) in [7, 11) is 2.60. The summed E-state index contributed by atoms with van der Waals surface area (Å²) in [6, 6.07) is 7.56. The molecule has 6 heteroatoms. The Bertz CT molecular complexity index is 933. The van der Waals surface area contributed by atoms with E-state index >= 15 is 0 Å². The summed E-state index contributed by atoms with van der Waals surface area (Å²) < 4.78 is 10.0. The molecule has 1 aromatic carbocycles. The van der Waals surface area contributed by atoms with Crippen molar-refractivity contribution in [3.63, 3.8) is 0 Å². The van der Waals surface area contributed by atoms with E-state index < -0.39 is 11.9 Å². The molecule has 1 aliphatic heterocycles. The van der Waals surface area contributed by atoms with Crippen LogP contribution in [0, 0.1) is 5.41 Å². The van der Waals surface area contributed by atoms with Crippen molar-refractivity contribution in [2.24, 2.45) is 5.41 Å². The summed E-state index contributed by atoms with van der Waals surface area (Å²) in [6.45, 7) is 11.3. The summed E-state index contributed by atoms with van der Waals surface area (Å²) in [6.07, 6.45) is 6.03. The van der Waals surface area contributed by atoms with Gasteiger partial charge in [0.25, 0.3) is 0 Å². The maximum absolute atomic E-state index is 12.9. The molecule has 0 aromatic heterocycles. The van der Waals surface area contributed by atoms with Gasteiger partial charge in [0.15, 0.2) is 0 Å². The predicted molar refractivity (Wildman–Crippen MR) is 124 cm³/mol. The van der Waals surface area contributed by atoms with Crippen LogP contribution in [0.1, 0.15) is 32.8 Å². The van der Waals surface area contributed by atoms with Crippen molar-refractivity contribution in [2.45, 2.75) is 27.2 Å². The van der Waals surface area contributed by atoms with Gasteiger partial charge in [-0.3, -0.25) is 0 Å². The minimum absolute atomic E-state index is 0.185. The molecular formula is C25H30ClNO4. The van der Waals surface area contributed by atoms with Crippen LogP contribution in [0.2, 0.25) is 5.02 Å². The predicted octanol–water partition coefficient (Wildman–Crippen LogP) is 5.19. The number of rotatable bonds is 6. The lowest BCUT2D eigenvalue weighted by Crippen LogP contribution is -2.27. The maximum atomic E-state index is 12.9. The molecule has 31 heavy (non-hydrogen) atoms. The van der Waals surface area contributed by atoms with Crippen LogP contribution in [0.15, 0.2) is 65.9 Å². The van der Waals surface area contributed by atoms with Crippen LogP contribution >= 0.6 is 11.6 Å². The molecule has 166 valence electrons. The van der Waals surface area contributed by atoms with Crippen molar-refractivity contribution < 1.29 is 19.1 Å². The van der Waals surface area contributed by atoms with Crippen LogP contribution in [0.4, 0.5) is 0 Å². The van der Waals surface area contributed by atoms with E-state index in [9.17, 15) is 9.59 Å². The number of halogens is 1. The maximum Gasteiger partial charge on any atom is 0.340 e. The highest BCUT2D eigenvalue weighted by molar-refractivity contribution is 6.30. The van der Waals surface area contributed by atoms with Crippen LogP contribution in [0.3, 0.4) is 0 Å². The molecule has 0 aliphatic carbocycles. The summed E-state index contributed by atoms with van der Waals surface area (Å²) in [5, 5.41) is 0.644. The number of nitrogens with zero attached hydrogens (tertiary/aromatic N) is 1. The fraction of sp³-hybridized carbons (Fsp3) is 0.360. The Morgan fingerprint density at radius 1 is 1.13 bits per heavy atom. The molecule has 0 unspecified atom stereocenters. The average Bonchev–Trinajstić information content (AvgIpc) is 2.90. The zero-order valence-electron chi connectivity index (χ0n) is 18.8. The Balaban J connectivity index is 2.88. The first-order chi connectivity index (χ1) is 14.6. The lowest BCUT2D eigenvalue weighted by Gasteiger charge is -2.29. The van der Waals surface area contributed by atoms with Gasteiger partial charge in [-0.1, -0.05) is 56.7 Å². The second kappa shape index (κ2) is 10.5. The number of carbonyl (C=O) groups is 2. The quantitative estimate of drug-likeness (QED) is 0.447. The lowest BCUT2D eigenvalue weighted by molar-refractivity contribution is -0.139. The second-order valence-electron chi connectivity index (χ2n) is 8.20. The first-order valence-electron chi connectivity index (χ1n) is 10.1. The van der Waals surface area contributed by atoms with Gasteiger partial charge in [0.2, 0.25) is 0 Å². The smallest absolute Gasteiger partial charge is 0.340 e. The molecule has 1 heterocycles. The van der Waals surface area contributed by atoms with Crippen LogP contribution in [0.5, 0.6) is 0 Å². The fourth-order valence-electron chi connectivity index (χ4n) is 3.50. The summed E-state index contributed by atoms with van der Waals surface area (Å²) in [5.41, 5.74) is 2.69. The van der Waals surface area contributed by atoms with E-state index in [0.29, 0.717) is 30.2 Å².